The zero-order chi connectivity index (χ0) is 39.2. The molecule has 0 aliphatic heterocycles. The number of fused-ring (bicyclic) bond motifs is 2. The van der Waals surface area contributed by atoms with Gasteiger partial charge in [0.25, 0.3) is 0 Å². The van der Waals surface area contributed by atoms with E-state index in [4.69, 9.17) is 19.9 Å². The number of para-hydroxylation sites is 4. The molecular formula is C46H46N4O2Si2. The number of aryl methyl sites for hydroxylation is 4. The van der Waals surface area contributed by atoms with E-state index in [0.29, 0.717) is 67.1 Å². The minimum absolute atomic E-state index is 0.206. The maximum Gasteiger partial charge on any atom is 0.196 e. The molecule has 0 amide bonds. The van der Waals surface area contributed by atoms with Gasteiger partial charge in [0.05, 0.1) is 56.0 Å². The van der Waals surface area contributed by atoms with Gasteiger partial charge >= 0.3 is 0 Å². The highest BCUT2D eigenvalue weighted by Crippen LogP contribution is 2.20. The monoisotopic (exact) mass is 742 g/mol. The topological polar surface area (TPSA) is 85.7 Å². The Balaban J connectivity index is 1.78. The van der Waals surface area contributed by atoms with Crippen LogP contribution in [0, 0.1) is 50.6 Å². The van der Waals surface area contributed by atoms with Crippen molar-refractivity contribution in [2.24, 2.45) is 0 Å². The van der Waals surface area contributed by atoms with Gasteiger partial charge in [0.15, 0.2) is 11.6 Å². The summed E-state index contributed by atoms with van der Waals surface area (Å²) in [4.78, 5) is 48.6. The third kappa shape index (κ3) is 10.2. The van der Waals surface area contributed by atoms with Crippen LogP contribution in [0.25, 0.3) is 22.1 Å². The summed E-state index contributed by atoms with van der Waals surface area (Å²) in [7, 11) is -3.12. The van der Waals surface area contributed by atoms with Crippen molar-refractivity contribution in [2.75, 3.05) is 0 Å². The van der Waals surface area contributed by atoms with Crippen LogP contribution in [0.4, 0.5) is 0 Å². The minimum atomic E-state index is -1.56. The van der Waals surface area contributed by atoms with Crippen molar-refractivity contribution < 1.29 is 9.59 Å². The third-order valence-corrected chi connectivity index (χ3v) is 10.0. The first-order valence-electron chi connectivity index (χ1n) is 18.0. The van der Waals surface area contributed by atoms with Crippen molar-refractivity contribution in [1.29, 1.82) is 0 Å². The number of carbonyl (C=O) groups is 2. The molecule has 1 aromatic heterocycles. The molecule has 0 spiro atoms. The molecule has 0 bridgehead atoms. The van der Waals surface area contributed by atoms with Gasteiger partial charge in [-0.2, -0.15) is 0 Å². The fourth-order valence-corrected chi connectivity index (χ4v) is 6.69. The first kappa shape index (κ1) is 39.4. The normalized spacial score (nSPS) is 11.0. The Morgan fingerprint density at radius 2 is 0.685 bits per heavy atom. The molecule has 0 fully saturated rings. The van der Waals surface area contributed by atoms with Crippen LogP contribution in [0.2, 0.25) is 39.3 Å². The number of hydrogen-bond donors (Lipinski definition) is 0. The second kappa shape index (κ2) is 16.5. The second-order valence-corrected chi connectivity index (χ2v) is 24.8. The molecule has 0 N–H and O–H groups in total. The fraction of sp³-hybridized carbons (Fsp3) is 0.217. The average molecular weight is 743 g/mol. The maximum atomic E-state index is 14.3. The summed E-state index contributed by atoms with van der Waals surface area (Å²) in [5, 5.41) is 0. The molecule has 1 heterocycles. The summed E-state index contributed by atoms with van der Waals surface area (Å²) >= 11 is 0. The summed E-state index contributed by atoms with van der Waals surface area (Å²) in [6, 6.07) is 29.6. The van der Waals surface area contributed by atoms with Gasteiger partial charge in [-0.25, -0.2) is 0 Å². The van der Waals surface area contributed by atoms with E-state index in [9.17, 15) is 9.59 Å². The Labute approximate surface area is 321 Å². The lowest BCUT2D eigenvalue weighted by atomic mass is 10.00. The first-order valence-corrected chi connectivity index (χ1v) is 25.0. The van der Waals surface area contributed by atoms with E-state index < -0.39 is 16.1 Å². The molecule has 6 nitrogen and oxygen atoms in total. The molecular weight excluding hydrogens is 697 g/mol. The lowest BCUT2D eigenvalue weighted by Gasteiger charge is -2.08. The van der Waals surface area contributed by atoms with Crippen molar-refractivity contribution in [1.82, 2.24) is 19.9 Å². The van der Waals surface area contributed by atoms with E-state index in [1.807, 2.05) is 100 Å². The van der Waals surface area contributed by atoms with Crippen LogP contribution in [0.15, 0.2) is 97.1 Å². The Hall–Kier alpha value is -5.81. The van der Waals surface area contributed by atoms with Crippen LogP contribution in [0.5, 0.6) is 0 Å². The number of benzene rings is 4. The SMILES string of the molecule is Cc1nc2ccccc2nc(C)c(C(=O)c2ccc(C#C[Si](C)(C)C)cc2)c(C)nc2ccccc2nc(C)c1C(=O)c1ccc(C#C[Si](C)(C)C)cc1. The van der Waals surface area contributed by atoms with Crippen LogP contribution in [-0.2, 0) is 0 Å². The maximum absolute atomic E-state index is 14.3. The predicted molar refractivity (Wildman–Crippen MR) is 227 cm³/mol. The molecule has 5 rings (SSSR count). The van der Waals surface area contributed by atoms with E-state index in [1.54, 1.807) is 24.3 Å². The lowest BCUT2D eigenvalue weighted by molar-refractivity contribution is 0.102. The quantitative estimate of drug-likeness (QED) is 0.104. The number of nitrogens with zero attached hydrogens (tertiary/aromatic N) is 4. The molecule has 0 aliphatic carbocycles. The van der Waals surface area contributed by atoms with Gasteiger partial charge in [0.1, 0.15) is 16.1 Å². The highest BCUT2D eigenvalue weighted by molar-refractivity contribution is 6.84. The minimum Gasteiger partial charge on any atom is -0.288 e. The van der Waals surface area contributed by atoms with E-state index in [1.165, 1.54) is 0 Å². The summed E-state index contributed by atoms with van der Waals surface area (Å²) < 4.78 is 0. The molecule has 8 heteroatoms. The molecule has 4 aromatic carbocycles. The van der Waals surface area contributed by atoms with Crippen LogP contribution in [0.1, 0.15) is 65.7 Å². The van der Waals surface area contributed by atoms with Gasteiger partial charge in [0, 0.05) is 22.3 Å². The van der Waals surface area contributed by atoms with E-state index in [0.717, 1.165) is 11.1 Å². The van der Waals surface area contributed by atoms with Crippen LogP contribution >= 0.6 is 0 Å². The molecule has 5 aromatic rings. The van der Waals surface area contributed by atoms with Gasteiger partial charge in [-0.15, -0.1) is 11.1 Å². The Bertz CT molecular complexity index is 2270. The van der Waals surface area contributed by atoms with Crippen molar-refractivity contribution in [3.63, 3.8) is 0 Å². The Kier molecular flexibility index (Phi) is 12.0. The smallest absolute Gasteiger partial charge is 0.196 e. The number of hydrogen-bond acceptors (Lipinski definition) is 6. The fourth-order valence-electron chi connectivity index (χ4n) is 5.65. The summed E-state index contributed by atoms with van der Waals surface area (Å²) in [5.41, 5.74) is 14.4. The third-order valence-electron chi connectivity index (χ3n) is 8.28. The van der Waals surface area contributed by atoms with Crippen molar-refractivity contribution in [3.8, 4) is 22.9 Å². The molecule has 0 aliphatic rings. The van der Waals surface area contributed by atoms with Gasteiger partial charge < -0.3 is 0 Å². The average Bonchev–Trinajstić information content (AvgIpc) is 3.11. The van der Waals surface area contributed by atoms with E-state index in [2.05, 4.69) is 62.2 Å². The molecule has 0 radical (unpaired) electrons. The van der Waals surface area contributed by atoms with Crippen molar-refractivity contribution in [2.45, 2.75) is 67.0 Å². The summed E-state index contributed by atoms with van der Waals surface area (Å²) in [6.45, 7) is 20.4. The molecule has 270 valence electrons. The largest absolute Gasteiger partial charge is 0.288 e. The van der Waals surface area contributed by atoms with Crippen LogP contribution in [0.3, 0.4) is 0 Å². The molecule has 0 unspecified atom stereocenters. The van der Waals surface area contributed by atoms with Crippen LogP contribution in [-0.4, -0.2) is 47.7 Å². The second-order valence-electron chi connectivity index (χ2n) is 15.3. The molecule has 0 saturated heterocycles. The lowest BCUT2D eigenvalue weighted by Crippen LogP contribution is -2.16. The predicted octanol–water partition coefficient (Wildman–Crippen LogP) is 9.98. The zero-order valence-corrected chi connectivity index (χ0v) is 34.8. The molecule has 54 heavy (non-hydrogen) atoms. The van der Waals surface area contributed by atoms with E-state index >= 15 is 0 Å². The van der Waals surface area contributed by atoms with Crippen molar-refractivity contribution >= 4 is 49.8 Å². The Morgan fingerprint density at radius 3 is 0.926 bits per heavy atom. The highest BCUT2D eigenvalue weighted by Gasteiger charge is 2.18. The van der Waals surface area contributed by atoms with Gasteiger partial charge in [-0.1, -0.05) is 75.4 Å². The van der Waals surface area contributed by atoms with Gasteiger partial charge in [-0.05, 0) is 100 Å². The number of aromatic nitrogens is 4. The zero-order valence-electron chi connectivity index (χ0n) is 32.8. The van der Waals surface area contributed by atoms with E-state index in [-0.39, 0.29) is 11.6 Å². The number of carbonyl (C=O) groups excluding carboxylic acids is 2. The highest BCUT2D eigenvalue weighted by atomic mass is 28.3. The first-order chi connectivity index (χ1) is 25.5. The standard InChI is InChI=1S/C46H46N4O2Si2/c1-31-43(45(51)37-23-19-35(20-24-37)27-29-53(5,6)7)32(2)48-41-17-13-14-18-42(41)50-34(4)44(33(3)49-40-16-12-11-15-39(40)47-31)46(52)38-25-21-36(22-26-38)28-30-54(8,9)10/h11-26H,1-10H3. The van der Waals surface area contributed by atoms with Crippen molar-refractivity contribution in [3.05, 3.63) is 153 Å². The molecule has 0 atom stereocenters. The Morgan fingerprint density at radius 1 is 0.426 bits per heavy atom. The number of ketones is 2. The van der Waals surface area contributed by atoms with Crippen LogP contribution < -0.4 is 0 Å². The van der Waals surface area contributed by atoms with Gasteiger partial charge in [-0.3, -0.25) is 29.5 Å². The summed E-state index contributed by atoms with van der Waals surface area (Å²) in [5.74, 6) is 6.11. The number of rotatable bonds is 4. The molecule has 0 saturated carbocycles. The van der Waals surface area contributed by atoms with Gasteiger partial charge in [0.2, 0.25) is 0 Å². The summed E-state index contributed by atoms with van der Waals surface area (Å²) in [6.07, 6.45) is 0.